The Morgan fingerprint density at radius 1 is 1.41 bits per heavy atom. The van der Waals surface area contributed by atoms with E-state index in [-0.39, 0.29) is 17.8 Å². The first kappa shape index (κ1) is 15.8. The quantitative estimate of drug-likeness (QED) is 0.876. The highest BCUT2D eigenvalue weighted by Gasteiger charge is 2.39. The highest BCUT2D eigenvalue weighted by Crippen LogP contribution is 2.44. The van der Waals surface area contributed by atoms with Crippen LogP contribution in [0.25, 0.3) is 0 Å². The van der Waals surface area contributed by atoms with Gasteiger partial charge in [-0.05, 0) is 49.9 Å². The maximum Gasteiger partial charge on any atom is 0.123 e. The summed E-state index contributed by atoms with van der Waals surface area (Å²) in [4.78, 5) is 2.35. The van der Waals surface area contributed by atoms with Gasteiger partial charge in [-0.3, -0.25) is 4.90 Å². The van der Waals surface area contributed by atoms with Gasteiger partial charge in [-0.15, -0.1) is 0 Å². The number of ether oxygens (including phenoxy) is 1. The van der Waals surface area contributed by atoms with E-state index in [1.54, 1.807) is 19.2 Å². The minimum Gasteiger partial charge on any atom is -0.496 e. The molecule has 2 fully saturated rings. The molecule has 1 aromatic rings. The first-order valence-electron chi connectivity index (χ1n) is 8.30. The summed E-state index contributed by atoms with van der Waals surface area (Å²) in [7, 11) is 1.62. The van der Waals surface area contributed by atoms with Gasteiger partial charge in [-0.25, -0.2) is 4.39 Å². The van der Waals surface area contributed by atoms with Crippen LogP contribution in [0.2, 0.25) is 0 Å². The lowest BCUT2D eigenvalue weighted by Gasteiger charge is -2.42. The lowest BCUT2D eigenvalue weighted by Crippen LogP contribution is -2.45. The van der Waals surface area contributed by atoms with E-state index in [9.17, 15) is 9.50 Å². The summed E-state index contributed by atoms with van der Waals surface area (Å²) in [5.74, 6) is 1.33. The van der Waals surface area contributed by atoms with Crippen LogP contribution in [0.15, 0.2) is 18.2 Å². The third kappa shape index (κ3) is 3.61. The van der Waals surface area contributed by atoms with Gasteiger partial charge < -0.3 is 9.84 Å². The molecule has 0 unspecified atom stereocenters. The van der Waals surface area contributed by atoms with Crippen LogP contribution < -0.4 is 4.74 Å². The fourth-order valence-electron chi connectivity index (χ4n) is 3.85. The Morgan fingerprint density at radius 3 is 2.91 bits per heavy atom. The van der Waals surface area contributed by atoms with Gasteiger partial charge in [0, 0.05) is 30.7 Å². The largest absolute Gasteiger partial charge is 0.496 e. The van der Waals surface area contributed by atoms with Crippen LogP contribution in [0.1, 0.15) is 37.7 Å². The Bertz CT molecular complexity index is 518. The van der Waals surface area contributed by atoms with Crippen molar-refractivity contribution in [3.63, 3.8) is 0 Å². The van der Waals surface area contributed by atoms with Crippen molar-refractivity contribution in [1.82, 2.24) is 4.90 Å². The fourth-order valence-corrected chi connectivity index (χ4v) is 3.85. The molecule has 3 rings (SSSR count). The molecule has 0 aromatic heterocycles. The molecular weight excluding hydrogens is 281 g/mol. The van der Waals surface area contributed by atoms with Crippen molar-refractivity contribution in [2.75, 3.05) is 26.8 Å². The standard InChI is InChI=1S/C18H26FNO2/c1-22-17-6-5-16(19)9-15(17)11-20-8-2-7-18(12-20,13-21)10-14-3-4-14/h5-6,9,14,21H,2-4,7-8,10-13H2,1H3/t18-/m0/s1. The molecule has 1 aromatic carbocycles. The molecule has 4 heteroatoms. The molecular formula is C18H26FNO2. The van der Waals surface area contributed by atoms with Crippen molar-refractivity contribution in [2.24, 2.45) is 11.3 Å². The number of likely N-dealkylation sites (tertiary alicyclic amines) is 1. The zero-order chi connectivity index (χ0) is 15.6. The minimum absolute atomic E-state index is 0.0416. The number of benzene rings is 1. The number of rotatable bonds is 6. The third-order valence-electron chi connectivity index (χ3n) is 5.13. The van der Waals surface area contributed by atoms with E-state index in [4.69, 9.17) is 4.74 Å². The molecule has 1 aliphatic heterocycles. The van der Waals surface area contributed by atoms with E-state index < -0.39 is 0 Å². The summed E-state index contributed by atoms with van der Waals surface area (Å²) >= 11 is 0. The van der Waals surface area contributed by atoms with Gasteiger partial charge in [-0.1, -0.05) is 12.8 Å². The van der Waals surface area contributed by atoms with Gasteiger partial charge in [0.25, 0.3) is 0 Å². The van der Waals surface area contributed by atoms with Crippen molar-refractivity contribution < 1.29 is 14.2 Å². The lowest BCUT2D eigenvalue weighted by atomic mass is 9.76. The molecule has 1 atom stereocenters. The normalized spacial score (nSPS) is 26.1. The van der Waals surface area contributed by atoms with Crippen LogP contribution in [0.5, 0.6) is 5.75 Å². The van der Waals surface area contributed by atoms with Crippen molar-refractivity contribution in [2.45, 2.75) is 38.6 Å². The van der Waals surface area contributed by atoms with E-state index in [2.05, 4.69) is 4.90 Å². The second-order valence-electron chi connectivity index (χ2n) is 7.08. The molecule has 0 amide bonds. The van der Waals surface area contributed by atoms with Crippen molar-refractivity contribution in [3.05, 3.63) is 29.6 Å². The van der Waals surface area contributed by atoms with Crippen LogP contribution in [0.3, 0.4) is 0 Å². The molecule has 1 saturated carbocycles. The molecule has 1 heterocycles. The molecule has 22 heavy (non-hydrogen) atoms. The van der Waals surface area contributed by atoms with Gasteiger partial charge in [0.1, 0.15) is 11.6 Å². The lowest BCUT2D eigenvalue weighted by molar-refractivity contribution is 0.0177. The number of aliphatic hydroxyl groups excluding tert-OH is 1. The smallest absolute Gasteiger partial charge is 0.123 e. The monoisotopic (exact) mass is 307 g/mol. The van der Waals surface area contributed by atoms with Crippen molar-refractivity contribution in [1.29, 1.82) is 0 Å². The van der Waals surface area contributed by atoms with E-state index in [0.29, 0.717) is 6.54 Å². The molecule has 0 spiro atoms. The van der Waals surface area contributed by atoms with Crippen LogP contribution >= 0.6 is 0 Å². The Balaban J connectivity index is 1.70. The topological polar surface area (TPSA) is 32.7 Å². The van der Waals surface area contributed by atoms with Gasteiger partial charge in [0.2, 0.25) is 0 Å². The first-order valence-corrected chi connectivity index (χ1v) is 8.30. The number of hydrogen-bond donors (Lipinski definition) is 1. The van der Waals surface area contributed by atoms with Crippen LogP contribution in [-0.2, 0) is 6.54 Å². The van der Waals surface area contributed by atoms with Crippen molar-refractivity contribution >= 4 is 0 Å². The highest BCUT2D eigenvalue weighted by molar-refractivity contribution is 5.33. The molecule has 2 aliphatic rings. The highest BCUT2D eigenvalue weighted by atomic mass is 19.1. The molecule has 3 nitrogen and oxygen atoms in total. The summed E-state index contributed by atoms with van der Waals surface area (Å²) in [6.45, 7) is 2.86. The average molecular weight is 307 g/mol. The Labute approximate surface area is 132 Å². The maximum atomic E-state index is 13.5. The van der Waals surface area contributed by atoms with Crippen LogP contribution in [0.4, 0.5) is 4.39 Å². The van der Waals surface area contributed by atoms with Gasteiger partial charge >= 0.3 is 0 Å². The second kappa shape index (κ2) is 6.55. The maximum absolute atomic E-state index is 13.5. The average Bonchev–Trinajstić information content (AvgIpc) is 3.32. The van der Waals surface area contributed by atoms with E-state index in [0.717, 1.165) is 49.6 Å². The zero-order valence-corrected chi connectivity index (χ0v) is 13.4. The number of methoxy groups -OCH3 is 1. The second-order valence-corrected chi connectivity index (χ2v) is 7.08. The predicted molar refractivity (Wildman–Crippen MR) is 84.3 cm³/mol. The molecule has 0 radical (unpaired) electrons. The van der Waals surface area contributed by atoms with Gasteiger partial charge in [0.15, 0.2) is 0 Å². The molecule has 1 aliphatic carbocycles. The number of piperidine rings is 1. The van der Waals surface area contributed by atoms with Crippen LogP contribution in [-0.4, -0.2) is 36.8 Å². The summed E-state index contributed by atoms with van der Waals surface area (Å²) in [6, 6.07) is 4.69. The van der Waals surface area contributed by atoms with Gasteiger partial charge in [-0.2, -0.15) is 0 Å². The summed E-state index contributed by atoms with van der Waals surface area (Å²) in [5, 5.41) is 9.94. The van der Waals surface area contributed by atoms with E-state index in [1.165, 1.54) is 18.9 Å². The zero-order valence-electron chi connectivity index (χ0n) is 13.4. The molecule has 1 N–H and O–H groups in total. The van der Waals surface area contributed by atoms with Gasteiger partial charge in [0.05, 0.1) is 7.11 Å². The number of hydrogen-bond acceptors (Lipinski definition) is 3. The number of nitrogens with zero attached hydrogens (tertiary/aromatic N) is 1. The summed E-state index contributed by atoms with van der Waals surface area (Å²) in [6.07, 6.45) is 5.99. The predicted octanol–water partition coefficient (Wildman–Crippen LogP) is 3.21. The van der Waals surface area contributed by atoms with Crippen LogP contribution in [0, 0.1) is 17.2 Å². The molecule has 122 valence electrons. The number of aliphatic hydroxyl groups is 1. The van der Waals surface area contributed by atoms with Crippen molar-refractivity contribution in [3.8, 4) is 5.75 Å². The number of halogens is 1. The minimum atomic E-state index is -0.223. The summed E-state index contributed by atoms with van der Waals surface area (Å²) < 4.78 is 18.9. The Hall–Kier alpha value is -1.13. The van der Waals surface area contributed by atoms with E-state index >= 15 is 0 Å². The Kier molecular flexibility index (Phi) is 4.69. The summed E-state index contributed by atoms with van der Waals surface area (Å²) in [5.41, 5.74) is 0.933. The molecule has 0 bridgehead atoms. The molecule has 1 saturated heterocycles. The Morgan fingerprint density at radius 2 is 2.23 bits per heavy atom. The third-order valence-corrected chi connectivity index (χ3v) is 5.13. The first-order chi connectivity index (χ1) is 10.6. The SMILES string of the molecule is COc1ccc(F)cc1CN1CCC[C@](CO)(CC2CC2)C1. The fraction of sp³-hybridized carbons (Fsp3) is 0.667. The van der Waals surface area contributed by atoms with E-state index in [1.807, 2.05) is 0 Å².